The van der Waals surface area contributed by atoms with E-state index in [0.717, 1.165) is 16.3 Å². The van der Waals surface area contributed by atoms with E-state index in [9.17, 15) is 9.59 Å². The molecule has 1 fully saturated rings. The minimum absolute atomic E-state index is 0.0482. The number of benzene rings is 2. The third-order valence-corrected chi connectivity index (χ3v) is 3.96. The second-order valence-corrected chi connectivity index (χ2v) is 5.46. The first-order valence-corrected chi connectivity index (χ1v) is 7.22. The van der Waals surface area contributed by atoms with Gasteiger partial charge in [0.25, 0.3) is 0 Å². The van der Waals surface area contributed by atoms with Gasteiger partial charge in [-0.1, -0.05) is 42.5 Å². The van der Waals surface area contributed by atoms with Crippen molar-refractivity contribution < 1.29 is 9.59 Å². The van der Waals surface area contributed by atoms with Crippen LogP contribution in [0.25, 0.3) is 10.8 Å². The topological polar surface area (TPSA) is 58.2 Å². The van der Waals surface area contributed by atoms with Crippen LogP contribution in [0.2, 0.25) is 0 Å². The van der Waals surface area contributed by atoms with Gasteiger partial charge in [0.1, 0.15) is 6.04 Å². The fourth-order valence-corrected chi connectivity index (χ4v) is 2.83. The van der Waals surface area contributed by atoms with E-state index in [2.05, 4.69) is 28.8 Å². The van der Waals surface area contributed by atoms with Crippen LogP contribution in [0.4, 0.5) is 0 Å². The van der Waals surface area contributed by atoms with Gasteiger partial charge in [-0.25, -0.2) is 0 Å². The standard InChI is InChI=1S/C17H18N2O2/c1-11(18-17(21)15-9-10-16(20)19-15)13-8-4-6-12-5-2-3-7-14(12)13/h2-8,11,15H,9-10H2,1H3,(H,18,21)(H,19,20). The van der Waals surface area contributed by atoms with Crippen molar-refractivity contribution in [3.8, 4) is 0 Å². The van der Waals surface area contributed by atoms with Crippen LogP contribution >= 0.6 is 0 Å². The molecule has 3 rings (SSSR count). The highest BCUT2D eigenvalue weighted by Crippen LogP contribution is 2.24. The Kier molecular flexibility index (Phi) is 3.60. The molecule has 2 N–H and O–H groups in total. The summed E-state index contributed by atoms with van der Waals surface area (Å²) in [6, 6.07) is 13.7. The highest BCUT2D eigenvalue weighted by Gasteiger charge is 2.28. The van der Waals surface area contributed by atoms with Crippen molar-refractivity contribution in [2.45, 2.75) is 31.8 Å². The highest BCUT2D eigenvalue weighted by molar-refractivity contribution is 5.91. The lowest BCUT2D eigenvalue weighted by atomic mass is 9.99. The minimum atomic E-state index is -0.394. The number of carbonyl (C=O) groups excluding carboxylic acids is 2. The number of nitrogens with one attached hydrogen (secondary N) is 2. The third-order valence-electron chi connectivity index (χ3n) is 3.96. The number of amides is 2. The molecule has 0 spiro atoms. The first-order chi connectivity index (χ1) is 10.1. The molecule has 1 aliphatic heterocycles. The third kappa shape index (κ3) is 2.75. The predicted octanol–water partition coefficient (Wildman–Crippen LogP) is 2.30. The van der Waals surface area contributed by atoms with Gasteiger partial charge in [-0.3, -0.25) is 9.59 Å². The van der Waals surface area contributed by atoms with Gasteiger partial charge in [0.2, 0.25) is 11.8 Å². The van der Waals surface area contributed by atoms with Crippen molar-refractivity contribution in [2.24, 2.45) is 0 Å². The highest BCUT2D eigenvalue weighted by atomic mass is 16.2. The maximum atomic E-state index is 12.2. The molecular weight excluding hydrogens is 264 g/mol. The largest absolute Gasteiger partial charge is 0.348 e. The molecule has 4 heteroatoms. The molecule has 1 saturated heterocycles. The summed E-state index contributed by atoms with van der Waals surface area (Å²) in [7, 11) is 0. The Bertz CT molecular complexity index is 691. The second-order valence-electron chi connectivity index (χ2n) is 5.46. The molecule has 2 atom stereocenters. The lowest BCUT2D eigenvalue weighted by Crippen LogP contribution is -2.42. The fraction of sp³-hybridized carbons (Fsp3) is 0.294. The van der Waals surface area contributed by atoms with Gasteiger partial charge in [-0.2, -0.15) is 0 Å². The Morgan fingerprint density at radius 1 is 1.24 bits per heavy atom. The Morgan fingerprint density at radius 2 is 2.00 bits per heavy atom. The van der Waals surface area contributed by atoms with Crippen LogP contribution in [0.1, 0.15) is 31.4 Å². The number of hydrogen-bond donors (Lipinski definition) is 2. The lowest BCUT2D eigenvalue weighted by Gasteiger charge is -2.19. The molecule has 0 bridgehead atoms. The van der Waals surface area contributed by atoms with Crippen LogP contribution in [0, 0.1) is 0 Å². The molecule has 2 aromatic carbocycles. The zero-order valence-corrected chi connectivity index (χ0v) is 11.9. The summed E-state index contributed by atoms with van der Waals surface area (Å²) < 4.78 is 0. The Balaban J connectivity index is 1.79. The van der Waals surface area contributed by atoms with E-state index in [1.807, 2.05) is 31.2 Å². The number of carbonyl (C=O) groups is 2. The van der Waals surface area contributed by atoms with Crippen LogP contribution in [0.3, 0.4) is 0 Å². The zero-order chi connectivity index (χ0) is 14.8. The summed E-state index contributed by atoms with van der Waals surface area (Å²) in [5, 5.41) is 7.99. The molecule has 21 heavy (non-hydrogen) atoms. The number of fused-ring (bicyclic) bond motifs is 1. The van der Waals surface area contributed by atoms with Crippen LogP contribution in [0.5, 0.6) is 0 Å². The van der Waals surface area contributed by atoms with E-state index in [1.54, 1.807) is 0 Å². The van der Waals surface area contributed by atoms with Gasteiger partial charge in [0.05, 0.1) is 6.04 Å². The minimum Gasteiger partial charge on any atom is -0.348 e. The van der Waals surface area contributed by atoms with Crippen molar-refractivity contribution in [3.05, 3.63) is 48.0 Å². The summed E-state index contributed by atoms with van der Waals surface area (Å²) in [5.41, 5.74) is 1.09. The normalized spacial score (nSPS) is 19.3. The van der Waals surface area contributed by atoms with Crippen molar-refractivity contribution in [1.29, 1.82) is 0 Å². The van der Waals surface area contributed by atoms with E-state index >= 15 is 0 Å². The maximum Gasteiger partial charge on any atom is 0.243 e. The molecule has 2 amide bonds. The van der Waals surface area contributed by atoms with Crippen molar-refractivity contribution >= 4 is 22.6 Å². The smallest absolute Gasteiger partial charge is 0.243 e. The predicted molar refractivity (Wildman–Crippen MR) is 81.7 cm³/mol. The van der Waals surface area contributed by atoms with Gasteiger partial charge in [-0.15, -0.1) is 0 Å². The van der Waals surface area contributed by atoms with Crippen molar-refractivity contribution in [3.63, 3.8) is 0 Å². The molecular formula is C17H18N2O2. The van der Waals surface area contributed by atoms with E-state index in [1.165, 1.54) is 0 Å². The van der Waals surface area contributed by atoms with Crippen molar-refractivity contribution in [2.75, 3.05) is 0 Å². The molecule has 0 aromatic heterocycles. The summed E-state index contributed by atoms with van der Waals surface area (Å²) >= 11 is 0. The van der Waals surface area contributed by atoms with Gasteiger partial charge in [-0.05, 0) is 29.7 Å². The van der Waals surface area contributed by atoms with Gasteiger partial charge in [0.15, 0.2) is 0 Å². The average Bonchev–Trinajstić information content (AvgIpc) is 2.93. The molecule has 1 heterocycles. The summed E-state index contributed by atoms with van der Waals surface area (Å²) in [4.78, 5) is 23.4. The van der Waals surface area contributed by atoms with Crippen LogP contribution in [-0.4, -0.2) is 17.9 Å². The molecule has 0 radical (unpaired) electrons. The van der Waals surface area contributed by atoms with Crippen LogP contribution in [0.15, 0.2) is 42.5 Å². The van der Waals surface area contributed by atoms with Gasteiger partial charge < -0.3 is 10.6 Å². The molecule has 0 aliphatic carbocycles. The molecule has 4 nitrogen and oxygen atoms in total. The Morgan fingerprint density at radius 3 is 2.76 bits per heavy atom. The first kappa shape index (κ1) is 13.6. The number of rotatable bonds is 3. The van der Waals surface area contributed by atoms with Gasteiger partial charge in [0, 0.05) is 6.42 Å². The summed E-state index contributed by atoms with van der Waals surface area (Å²) in [6.45, 7) is 1.97. The van der Waals surface area contributed by atoms with Crippen molar-refractivity contribution in [1.82, 2.24) is 10.6 Å². The van der Waals surface area contributed by atoms with E-state index < -0.39 is 6.04 Å². The monoisotopic (exact) mass is 282 g/mol. The molecule has 2 unspecified atom stereocenters. The molecule has 1 aliphatic rings. The summed E-state index contributed by atoms with van der Waals surface area (Å²) in [5.74, 6) is -0.158. The zero-order valence-electron chi connectivity index (χ0n) is 11.9. The fourth-order valence-electron chi connectivity index (χ4n) is 2.83. The Hall–Kier alpha value is -2.36. The number of hydrogen-bond acceptors (Lipinski definition) is 2. The second kappa shape index (κ2) is 5.56. The maximum absolute atomic E-state index is 12.2. The Labute approximate surface area is 123 Å². The first-order valence-electron chi connectivity index (χ1n) is 7.22. The van der Waals surface area contributed by atoms with E-state index in [-0.39, 0.29) is 17.9 Å². The molecule has 0 saturated carbocycles. The van der Waals surface area contributed by atoms with Gasteiger partial charge >= 0.3 is 0 Å². The van der Waals surface area contributed by atoms with E-state index in [4.69, 9.17) is 0 Å². The van der Waals surface area contributed by atoms with E-state index in [0.29, 0.717) is 12.8 Å². The SMILES string of the molecule is CC(NC(=O)C1CCC(=O)N1)c1cccc2ccccc12. The lowest BCUT2D eigenvalue weighted by molar-refractivity contribution is -0.126. The summed E-state index contributed by atoms with van der Waals surface area (Å²) in [6.07, 6.45) is 1.01. The average molecular weight is 282 g/mol. The molecule has 2 aromatic rings. The van der Waals surface area contributed by atoms with Crippen LogP contribution in [-0.2, 0) is 9.59 Å². The van der Waals surface area contributed by atoms with Crippen LogP contribution < -0.4 is 10.6 Å². The quantitative estimate of drug-likeness (QED) is 0.907. The molecule has 108 valence electrons.